The number of rotatable bonds is 9. The van der Waals surface area contributed by atoms with E-state index < -0.39 is 6.43 Å². The zero-order chi connectivity index (χ0) is 28.3. The van der Waals surface area contributed by atoms with E-state index in [2.05, 4.69) is 15.2 Å². The lowest BCUT2D eigenvalue weighted by Gasteiger charge is -2.33. The van der Waals surface area contributed by atoms with Crippen LogP contribution < -0.4 is 10.2 Å². The van der Waals surface area contributed by atoms with E-state index in [4.69, 9.17) is 24.2 Å². The van der Waals surface area contributed by atoms with Crippen molar-refractivity contribution >= 4 is 28.9 Å². The van der Waals surface area contributed by atoms with Crippen LogP contribution in [-0.4, -0.2) is 95.8 Å². The number of para-hydroxylation sites is 2. The molecule has 1 aliphatic carbocycles. The first-order valence-corrected chi connectivity index (χ1v) is 14.2. The van der Waals surface area contributed by atoms with Crippen LogP contribution in [0.15, 0.2) is 30.3 Å². The molecule has 0 radical (unpaired) electrons. The van der Waals surface area contributed by atoms with Crippen LogP contribution in [0, 0.1) is 5.92 Å². The van der Waals surface area contributed by atoms with E-state index in [1.54, 1.807) is 37.4 Å². The molecular formula is C28H35F2N7O4. The summed E-state index contributed by atoms with van der Waals surface area (Å²) in [5.41, 5.74) is 1.04. The first-order chi connectivity index (χ1) is 20.0. The summed E-state index contributed by atoms with van der Waals surface area (Å²) in [4.78, 5) is 29.9. The monoisotopic (exact) mass is 571 g/mol. The fraction of sp³-hybridized carbons (Fsp3) is 0.571. The van der Waals surface area contributed by atoms with Gasteiger partial charge in [-0.3, -0.25) is 4.57 Å². The van der Waals surface area contributed by atoms with Crippen molar-refractivity contribution < 1.29 is 27.8 Å². The zero-order valence-electron chi connectivity index (χ0n) is 23.0. The second-order valence-electron chi connectivity index (χ2n) is 10.8. The summed E-state index contributed by atoms with van der Waals surface area (Å²) in [6, 6.07) is 8.97. The van der Waals surface area contributed by atoms with E-state index in [0.29, 0.717) is 80.5 Å². The average Bonchev–Trinajstić information content (AvgIpc) is 3.57. The highest BCUT2D eigenvalue weighted by molar-refractivity contribution is 5.78. The summed E-state index contributed by atoms with van der Waals surface area (Å²) in [5, 5.41) is 3.39. The van der Waals surface area contributed by atoms with Crippen LogP contribution in [0.5, 0.6) is 0 Å². The molecule has 1 atom stereocenters. The third kappa shape index (κ3) is 5.91. The third-order valence-electron chi connectivity index (χ3n) is 8.11. The lowest BCUT2D eigenvalue weighted by atomic mass is 9.85. The number of fused-ring (bicyclic) bond motifs is 1. The van der Waals surface area contributed by atoms with Gasteiger partial charge in [-0.2, -0.15) is 9.97 Å². The Hall–Kier alpha value is -3.58. The number of methoxy groups -OCH3 is 1. The molecular weight excluding hydrogens is 536 g/mol. The van der Waals surface area contributed by atoms with E-state index in [1.807, 2.05) is 4.90 Å². The zero-order valence-corrected chi connectivity index (χ0v) is 23.0. The van der Waals surface area contributed by atoms with Crippen molar-refractivity contribution in [3.63, 3.8) is 0 Å². The molecule has 1 aromatic carbocycles. The minimum Gasteiger partial charge on any atom is -0.442 e. The number of nitrogens with zero attached hydrogens (tertiary/aromatic N) is 6. The van der Waals surface area contributed by atoms with Crippen LogP contribution in [0.2, 0.25) is 0 Å². The number of carbonyl (C=O) groups excluding carboxylic acids is 1. The lowest BCUT2D eigenvalue weighted by molar-refractivity contribution is 0.0712. The number of imidazole rings is 1. The normalized spacial score (nSPS) is 23.4. The van der Waals surface area contributed by atoms with Gasteiger partial charge in [0.2, 0.25) is 5.95 Å². The summed E-state index contributed by atoms with van der Waals surface area (Å²) in [6.45, 7) is 4.04. The van der Waals surface area contributed by atoms with E-state index in [9.17, 15) is 13.6 Å². The van der Waals surface area contributed by atoms with E-state index >= 15 is 0 Å². The predicted octanol–water partition coefficient (Wildman–Crippen LogP) is 4.03. The number of cyclic esters (lactones) is 1. The quantitative estimate of drug-likeness (QED) is 0.407. The van der Waals surface area contributed by atoms with Gasteiger partial charge in [-0.05, 0) is 43.7 Å². The van der Waals surface area contributed by atoms with Gasteiger partial charge < -0.3 is 29.3 Å². The number of carbonyl (C=O) groups is 1. The van der Waals surface area contributed by atoms with Gasteiger partial charge in [0, 0.05) is 38.9 Å². The van der Waals surface area contributed by atoms with Gasteiger partial charge in [-0.15, -0.1) is 0 Å². The Morgan fingerprint density at radius 1 is 1.07 bits per heavy atom. The largest absolute Gasteiger partial charge is 0.442 e. The maximum absolute atomic E-state index is 14.1. The van der Waals surface area contributed by atoms with Gasteiger partial charge in [-0.1, -0.05) is 12.1 Å². The first kappa shape index (κ1) is 27.6. The maximum atomic E-state index is 14.1. The molecule has 13 heteroatoms. The van der Waals surface area contributed by atoms with Crippen molar-refractivity contribution in [2.45, 2.75) is 44.3 Å². The Balaban J connectivity index is 1.19. The molecule has 0 spiro atoms. The van der Waals surface area contributed by atoms with E-state index in [-0.39, 0.29) is 24.1 Å². The van der Waals surface area contributed by atoms with Crippen molar-refractivity contribution in [3.8, 4) is 5.82 Å². The molecule has 2 aliphatic heterocycles. The summed E-state index contributed by atoms with van der Waals surface area (Å²) in [6.07, 6.45) is 0.412. The molecule has 3 aromatic rings. The number of hydrogen-bond acceptors (Lipinski definition) is 9. The Morgan fingerprint density at radius 2 is 1.83 bits per heavy atom. The molecule has 3 fully saturated rings. The third-order valence-corrected chi connectivity index (χ3v) is 8.11. The van der Waals surface area contributed by atoms with Crippen LogP contribution >= 0.6 is 0 Å². The van der Waals surface area contributed by atoms with E-state index in [0.717, 1.165) is 25.7 Å². The highest BCUT2D eigenvalue weighted by Gasteiger charge is 2.37. The molecule has 3 aliphatic rings. The summed E-state index contributed by atoms with van der Waals surface area (Å²) in [7, 11) is 1.60. The van der Waals surface area contributed by atoms with Crippen molar-refractivity contribution in [2.24, 2.45) is 5.92 Å². The summed E-state index contributed by atoms with van der Waals surface area (Å²) < 4.78 is 45.7. The number of alkyl halides is 2. The molecule has 1 amide bonds. The van der Waals surface area contributed by atoms with Gasteiger partial charge in [0.15, 0.2) is 5.82 Å². The van der Waals surface area contributed by atoms with Gasteiger partial charge in [0.25, 0.3) is 6.43 Å². The van der Waals surface area contributed by atoms with Crippen molar-refractivity contribution in [3.05, 3.63) is 36.2 Å². The fourth-order valence-electron chi connectivity index (χ4n) is 6.01. The minimum absolute atomic E-state index is 0.162. The predicted molar refractivity (Wildman–Crippen MR) is 148 cm³/mol. The van der Waals surface area contributed by atoms with E-state index in [1.165, 1.54) is 4.57 Å². The smallest absolute Gasteiger partial charge is 0.410 e. The Bertz CT molecular complexity index is 1360. The van der Waals surface area contributed by atoms with Crippen LogP contribution in [-0.2, 0) is 14.2 Å². The molecule has 1 saturated carbocycles. The molecule has 220 valence electrons. The molecule has 11 nitrogen and oxygen atoms in total. The first-order valence-electron chi connectivity index (χ1n) is 14.2. The average molecular weight is 572 g/mol. The SMILES string of the molecule is COCC1CN([C@H]2CC[C@H](CNc3nc(N4CCOCC4)cc(-n4c(C(F)F)nc5ccccc54)n3)CC2)C(=O)O1. The molecule has 0 bridgehead atoms. The second-order valence-corrected chi connectivity index (χ2v) is 10.8. The minimum atomic E-state index is -2.77. The Labute approximate surface area is 236 Å². The molecule has 2 aromatic heterocycles. The number of aromatic nitrogens is 4. The molecule has 6 rings (SSSR count). The molecule has 41 heavy (non-hydrogen) atoms. The number of morpholine rings is 1. The van der Waals surface area contributed by atoms with Gasteiger partial charge >= 0.3 is 6.09 Å². The van der Waals surface area contributed by atoms with Crippen LogP contribution in [0.25, 0.3) is 16.9 Å². The molecule has 1 N–H and O–H groups in total. The molecule has 1 unspecified atom stereocenters. The van der Waals surface area contributed by atoms with Crippen molar-refractivity contribution in [2.75, 3.05) is 63.3 Å². The van der Waals surface area contributed by atoms with Gasteiger partial charge in [0.1, 0.15) is 17.7 Å². The van der Waals surface area contributed by atoms with Crippen LogP contribution in [0.4, 0.5) is 25.3 Å². The summed E-state index contributed by atoms with van der Waals surface area (Å²) >= 11 is 0. The number of anilines is 2. The molecule has 4 heterocycles. The number of halogens is 2. The second kappa shape index (κ2) is 12.1. The Kier molecular flexibility index (Phi) is 8.15. The lowest BCUT2D eigenvalue weighted by Crippen LogP contribution is -2.40. The summed E-state index contributed by atoms with van der Waals surface area (Å²) in [5.74, 6) is 1.39. The number of ether oxygens (including phenoxy) is 3. The standard InChI is InChI=1S/C28H35F2N7O4/c1-39-17-20-16-36(28(38)41-20)19-8-6-18(7-9-19)15-31-27-33-23(35-10-12-40-13-11-35)14-24(34-27)37-22-5-3-2-4-21(22)32-26(37)25(29)30/h2-5,14,18-20,25H,6-13,15-17H2,1H3,(H,31,33,34)/t18-,19-,20?. The number of nitrogens with one attached hydrogen (secondary N) is 1. The highest BCUT2D eigenvalue weighted by Crippen LogP contribution is 2.32. The highest BCUT2D eigenvalue weighted by atomic mass is 19.3. The number of benzene rings is 1. The van der Waals surface area contributed by atoms with Gasteiger partial charge in [0.05, 0.1) is 37.4 Å². The maximum Gasteiger partial charge on any atom is 0.410 e. The topological polar surface area (TPSA) is 107 Å². The van der Waals surface area contributed by atoms with Crippen LogP contribution in [0.3, 0.4) is 0 Å². The van der Waals surface area contributed by atoms with Crippen LogP contribution in [0.1, 0.15) is 37.9 Å². The number of amides is 1. The van der Waals surface area contributed by atoms with Gasteiger partial charge in [-0.25, -0.2) is 18.6 Å². The van der Waals surface area contributed by atoms with Crippen molar-refractivity contribution in [1.82, 2.24) is 24.4 Å². The molecule has 2 saturated heterocycles. The Morgan fingerprint density at radius 3 is 2.59 bits per heavy atom. The fourth-order valence-corrected chi connectivity index (χ4v) is 6.01. The number of hydrogen-bond donors (Lipinski definition) is 1. The van der Waals surface area contributed by atoms with Crippen molar-refractivity contribution in [1.29, 1.82) is 0 Å².